The van der Waals surface area contributed by atoms with E-state index < -0.39 is 17.6 Å². The molecule has 2 aromatic carbocycles. The van der Waals surface area contributed by atoms with Gasteiger partial charge in [0.1, 0.15) is 5.82 Å². The SMILES string of the molecule is Fc1ccc(-c2cc(C(F)(F)F)c3cc(Br)ccc3n2)cc1. The highest BCUT2D eigenvalue weighted by Crippen LogP contribution is 2.37. The summed E-state index contributed by atoms with van der Waals surface area (Å²) in [4.78, 5) is 4.25. The Hall–Kier alpha value is -1.95. The second-order valence-corrected chi connectivity index (χ2v) is 5.64. The molecule has 0 N–H and O–H groups in total. The summed E-state index contributed by atoms with van der Waals surface area (Å²) in [5.41, 5.74) is 0.0503. The predicted octanol–water partition coefficient (Wildman–Crippen LogP) is 5.82. The molecule has 0 atom stereocenters. The molecule has 3 rings (SSSR count). The fraction of sp³-hybridized carbons (Fsp3) is 0.0625. The van der Waals surface area contributed by atoms with Crippen molar-refractivity contribution in [2.24, 2.45) is 0 Å². The van der Waals surface area contributed by atoms with Gasteiger partial charge in [-0.05, 0) is 48.5 Å². The molecule has 0 amide bonds. The third-order valence-electron chi connectivity index (χ3n) is 3.22. The maximum atomic E-state index is 13.3. The van der Waals surface area contributed by atoms with Gasteiger partial charge in [0.25, 0.3) is 0 Å². The highest BCUT2D eigenvalue weighted by atomic mass is 79.9. The molecule has 0 spiro atoms. The van der Waals surface area contributed by atoms with Crippen LogP contribution >= 0.6 is 15.9 Å². The molecule has 22 heavy (non-hydrogen) atoms. The lowest BCUT2D eigenvalue weighted by atomic mass is 10.0. The minimum atomic E-state index is -4.50. The van der Waals surface area contributed by atoms with Gasteiger partial charge in [0.05, 0.1) is 16.8 Å². The van der Waals surface area contributed by atoms with E-state index in [1.807, 2.05) is 0 Å². The summed E-state index contributed by atoms with van der Waals surface area (Å²) in [6, 6.07) is 10.7. The molecule has 0 fully saturated rings. The van der Waals surface area contributed by atoms with Gasteiger partial charge in [0.15, 0.2) is 0 Å². The average molecular weight is 370 g/mol. The molecule has 6 heteroatoms. The highest BCUT2D eigenvalue weighted by Gasteiger charge is 2.33. The number of pyridine rings is 1. The minimum Gasteiger partial charge on any atom is -0.248 e. The van der Waals surface area contributed by atoms with E-state index in [0.717, 1.165) is 6.07 Å². The van der Waals surface area contributed by atoms with Gasteiger partial charge >= 0.3 is 6.18 Å². The summed E-state index contributed by atoms with van der Waals surface area (Å²) in [6.45, 7) is 0. The van der Waals surface area contributed by atoms with E-state index in [-0.39, 0.29) is 16.6 Å². The second kappa shape index (κ2) is 5.35. The third-order valence-corrected chi connectivity index (χ3v) is 3.71. The predicted molar refractivity (Wildman–Crippen MR) is 79.8 cm³/mol. The summed E-state index contributed by atoms with van der Waals surface area (Å²) >= 11 is 3.17. The van der Waals surface area contributed by atoms with Crippen molar-refractivity contribution < 1.29 is 17.6 Å². The molecule has 112 valence electrons. The molecule has 0 aliphatic carbocycles. The van der Waals surface area contributed by atoms with E-state index >= 15 is 0 Å². The zero-order chi connectivity index (χ0) is 15.9. The van der Waals surface area contributed by atoms with E-state index in [9.17, 15) is 17.6 Å². The number of halogens is 5. The van der Waals surface area contributed by atoms with Crippen molar-refractivity contribution in [3.63, 3.8) is 0 Å². The number of hydrogen-bond acceptors (Lipinski definition) is 1. The summed E-state index contributed by atoms with van der Waals surface area (Å²) in [7, 11) is 0. The Morgan fingerprint density at radius 3 is 2.23 bits per heavy atom. The van der Waals surface area contributed by atoms with E-state index in [4.69, 9.17) is 0 Å². The number of benzene rings is 2. The first-order valence-corrected chi connectivity index (χ1v) is 7.07. The van der Waals surface area contributed by atoms with E-state index in [0.29, 0.717) is 10.0 Å². The third kappa shape index (κ3) is 2.83. The largest absolute Gasteiger partial charge is 0.417 e. The lowest BCUT2D eigenvalue weighted by molar-refractivity contribution is -0.136. The summed E-state index contributed by atoms with van der Waals surface area (Å²) < 4.78 is 53.4. The van der Waals surface area contributed by atoms with Crippen LogP contribution in [0, 0.1) is 5.82 Å². The van der Waals surface area contributed by atoms with Crippen molar-refractivity contribution in [1.29, 1.82) is 0 Å². The van der Waals surface area contributed by atoms with Crippen LogP contribution in [0.25, 0.3) is 22.2 Å². The maximum Gasteiger partial charge on any atom is 0.417 e. The second-order valence-electron chi connectivity index (χ2n) is 4.72. The van der Waals surface area contributed by atoms with E-state index in [1.54, 1.807) is 6.07 Å². The molecule has 0 bridgehead atoms. The fourth-order valence-electron chi connectivity index (χ4n) is 2.20. The van der Waals surface area contributed by atoms with Crippen molar-refractivity contribution in [1.82, 2.24) is 4.98 Å². The number of nitrogens with zero attached hydrogens (tertiary/aromatic N) is 1. The lowest BCUT2D eigenvalue weighted by Crippen LogP contribution is -2.07. The molecular weight excluding hydrogens is 362 g/mol. The van der Waals surface area contributed by atoms with Crippen LogP contribution in [0.1, 0.15) is 5.56 Å². The summed E-state index contributed by atoms with van der Waals surface area (Å²) in [6.07, 6.45) is -4.50. The quantitative estimate of drug-likeness (QED) is 0.492. The Balaban J connectivity index is 2.29. The molecule has 0 saturated heterocycles. The zero-order valence-electron chi connectivity index (χ0n) is 11.0. The Morgan fingerprint density at radius 1 is 0.909 bits per heavy atom. The summed E-state index contributed by atoms with van der Waals surface area (Å²) in [5.74, 6) is -0.454. The van der Waals surface area contributed by atoms with Crippen LogP contribution in [0.15, 0.2) is 53.0 Å². The van der Waals surface area contributed by atoms with Crippen molar-refractivity contribution >= 4 is 26.8 Å². The average Bonchev–Trinajstić information content (AvgIpc) is 2.46. The zero-order valence-corrected chi connectivity index (χ0v) is 12.5. The van der Waals surface area contributed by atoms with Crippen molar-refractivity contribution in [3.8, 4) is 11.3 Å². The molecule has 1 nitrogen and oxygen atoms in total. The Bertz CT molecular complexity index is 841. The minimum absolute atomic E-state index is 0.0211. The van der Waals surface area contributed by atoms with Gasteiger partial charge in [-0.2, -0.15) is 13.2 Å². The topological polar surface area (TPSA) is 12.9 Å². The van der Waals surface area contributed by atoms with Crippen LogP contribution in [0.4, 0.5) is 17.6 Å². The van der Waals surface area contributed by atoms with Crippen LogP contribution in [0.5, 0.6) is 0 Å². The summed E-state index contributed by atoms with van der Waals surface area (Å²) in [5, 5.41) is 0.0211. The van der Waals surface area contributed by atoms with Gasteiger partial charge in [-0.15, -0.1) is 0 Å². The van der Waals surface area contributed by atoms with Crippen LogP contribution < -0.4 is 0 Å². The molecule has 1 heterocycles. The Labute approximate surface area is 131 Å². The molecule has 0 aliphatic heterocycles. The van der Waals surface area contributed by atoms with Gasteiger partial charge in [-0.1, -0.05) is 15.9 Å². The maximum absolute atomic E-state index is 13.3. The number of fused-ring (bicyclic) bond motifs is 1. The van der Waals surface area contributed by atoms with Gasteiger partial charge in [0.2, 0.25) is 0 Å². The van der Waals surface area contributed by atoms with Crippen LogP contribution in [0.3, 0.4) is 0 Å². The molecular formula is C16H8BrF4N. The molecule has 3 aromatic rings. The first kappa shape index (κ1) is 15.0. The molecule has 1 aromatic heterocycles. The van der Waals surface area contributed by atoms with Crippen LogP contribution in [0.2, 0.25) is 0 Å². The van der Waals surface area contributed by atoms with Crippen molar-refractivity contribution in [2.45, 2.75) is 6.18 Å². The standard InChI is InChI=1S/C16H8BrF4N/c17-10-3-6-14-12(7-10)13(16(19,20)21)8-15(22-14)9-1-4-11(18)5-2-9/h1-8H. The number of hydrogen-bond donors (Lipinski definition) is 0. The van der Waals surface area contributed by atoms with Gasteiger partial charge in [0, 0.05) is 15.4 Å². The Kier molecular flexibility index (Phi) is 3.64. The van der Waals surface area contributed by atoms with Gasteiger partial charge in [-0.3, -0.25) is 0 Å². The lowest BCUT2D eigenvalue weighted by Gasteiger charge is -2.13. The first-order valence-electron chi connectivity index (χ1n) is 6.28. The number of alkyl halides is 3. The smallest absolute Gasteiger partial charge is 0.248 e. The number of aromatic nitrogens is 1. The van der Waals surface area contributed by atoms with E-state index in [2.05, 4.69) is 20.9 Å². The van der Waals surface area contributed by atoms with Crippen LogP contribution in [-0.2, 0) is 6.18 Å². The van der Waals surface area contributed by atoms with Crippen LogP contribution in [-0.4, -0.2) is 4.98 Å². The molecule has 0 saturated carbocycles. The van der Waals surface area contributed by atoms with Crippen molar-refractivity contribution in [3.05, 3.63) is 64.4 Å². The molecule has 0 unspecified atom stereocenters. The molecule has 0 radical (unpaired) electrons. The normalized spacial score (nSPS) is 11.9. The monoisotopic (exact) mass is 369 g/mol. The Morgan fingerprint density at radius 2 is 1.59 bits per heavy atom. The van der Waals surface area contributed by atoms with Gasteiger partial charge < -0.3 is 0 Å². The van der Waals surface area contributed by atoms with Crippen molar-refractivity contribution in [2.75, 3.05) is 0 Å². The number of rotatable bonds is 1. The molecule has 0 aliphatic rings. The van der Waals surface area contributed by atoms with Gasteiger partial charge in [-0.25, -0.2) is 9.37 Å². The van der Waals surface area contributed by atoms with E-state index in [1.165, 1.54) is 36.4 Å². The highest BCUT2D eigenvalue weighted by molar-refractivity contribution is 9.10. The fourth-order valence-corrected chi connectivity index (χ4v) is 2.56. The first-order chi connectivity index (χ1) is 10.3.